The van der Waals surface area contributed by atoms with Crippen molar-refractivity contribution in [2.24, 2.45) is 11.8 Å². The van der Waals surface area contributed by atoms with E-state index >= 15 is 0 Å². The van der Waals surface area contributed by atoms with E-state index in [-0.39, 0.29) is 0 Å². The highest BCUT2D eigenvalue weighted by atomic mass is 13.9. The average molecular weight is 156 g/mol. The van der Waals surface area contributed by atoms with Crippen molar-refractivity contribution in [2.75, 3.05) is 0 Å². The lowest BCUT2D eigenvalue weighted by Gasteiger charge is -1.97. The Kier molecular flexibility index (Phi) is 11.8. The van der Waals surface area contributed by atoms with Crippen LogP contribution in [0.1, 0.15) is 48.0 Å². The van der Waals surface area contributed by atoms with E-state index in [1.165, 1.54) is 6.42 Å². The van der Waals surface area contributed by atoms with Gasteiger partial charge in [-0.3, -0.25) is 0 Å². The summed E-state index contributed by atoms with van der Waals surface area (Å²) in [5, 5.41) is 0. The summed E-state index contributed by atoms with van der Waals surface area (Å²) >= 11 is 0. The van der Waals surface area contributed by atoms with Crippen LogP contribution in [0.4, 0.5) is 0 Å². The third-order valence-electron chi connectivity index (χ3n) is 1.13. The molecular formula is C11H24. The van der Waals surface area contributed by atoms with E-state index in [4.69, 9.17) is 0 Å². The first kappa shape index (κ1) is 13.3. The fourth-order valence-corrected chi connectivity index (χ4v) is 0.623. The molecule has 0 bridgehead atoms. The zero-order valence-electron chi connectivity index (χ0n) is 9.02. The Labute approximate surface area is 72.7 Å². The smallest absolute Gasteiger partial charge is 0.0290 e. The summed E-state index contributed by atoms with van der Waals surface area (Å²) in [5.74, 6) is 1.52. The van der Waals surface area contributed by atoms with Gasteiger partial charge in [-0.15, -0.1) is 0 Å². The second-order valence-corrected chi connectivity index (χ2v) is 3.30. The lowest BCUT2D eigenvalue weighted by molar-refractivity contribution is 0.659. The molecule has 0 amide bonds. The Morgan fingerprint density at radius 3 is 1.73 bits per heavy atom. The van der Waals surface area contributed by atoms with Crippen LogP contribution in [0.3, 0.4) is 0 Å². The normalized spacial score (nSPS) is 10.5. The molecule has 0 heterocycles. The van der Waals surface area contributed by atoms with E-state index < -0.39 is 0 Å². The van der Waals surface area contributed by atoms with Gasteiger partial charge in [-0.2, -0.15) is 0 Å². The monoisotopic (exact) mass is 156 g/mol. The van der Waals surface area contributed by atoms with E-state index in [0.717, 1.165) is 5.92 Å². The molecule has 0 fully saturated rings. The highest BCUT2D eigenvalue weighted by Gasteiger charge is 1.87. The summed E-state index contributed by atoms with van der Waals surface area (Å²) in [6.07, 6.45) is 5.76. The first-order valence-electron chi connectivity index (χ1n) is 4.79. The van der Waals surface area contributed by atoms with Crippen molar-refractivity contribution in [3.05, 3.63) is 12.2 Å². The Hall–Kier alpha value is -0.260. The predicted molar refractivity (Wildman–Crippen MR) is 54.8 cm³/mol. The van der Waals surface area contributed by atoms with Crippen LogP contribution in [0.15, 0.2) is 12.2 Å². The fourth-order valence-electron chi connectivity index (χ4n) is 0.623. The lowest BCUT2D eigenvalue weighted by atomic mass is 10.1. The summed E-state index contributed by atoms with van der Waals surface area (Å²) in [5.41, 5.74) is 0. The van der Waals surface area contributed by atoms with E-state index in [9.17, 15) is 0 Å². The van der Waals surface area contributed by atoms with Crippen molar-refractivity contribution in [3.63, 3.8) is 0 Å². The van der Waals surface area contributed by atoms with Crippen LogP contribution in [0.25, 0.3) is 0 Å². The van der Waals surface area contributed by atoms with Gasteiger partial charge in [0.1, 0.15) is 0 Å². The standard InChI is InChI=1S/C9H18.C2H6/c1-8(2)6-5-7-9(3)4;1-2/h5-6,8-9H,7H2,1-4H3;1-2H3. The van der Waals surface area contributed by atoms with Crippen molar-refractivity contribution < 1.29 is 0 Å². The molecule has 11 heavy (non-hydrogen) atoms. The minimum Gasteiger partial charge on any atom is -0.0880 e. The third kappa shape index (κ3) is 17.7. The van der Waals surface area contributed by atoms with Crippen molar-refractivity contribution in [3.8, 4) is 0 Å². The molecule has 0 saturated carbocycles. The third-order valence-corrected chi connectivity index (χ3v) is 1.13. The van der Waals surface area contributed by atoms with E-state index in [1.807, 2.05) is 13.8 Å². The van der Waals surface area contributed by atoms with Crippen molar-refractivity contribution in [1.29, 1.82) is 0 Å². The summed E-state index contributed by atoms with van der Waals surface area (Å²) in [7, 11) is 0. The molecule has 0 aliphatic rings. The Balaban J connectivity index is 0. The molecule has 0 aliphatic heterocycles. The second-order valence-electron chi connectivity index (χ2n) is 3.30. The van der Waals surface area contributed by atoms with Gasteiger partial charge in [0, 0.05) is 0 Å². The molecule has 0 aromatic rings. The summed E-state index contributed by atoms with van der Waals surface area (Å²) in [6.45, 7) is 12.9. The second kappa shape index (κ2) is 9.74. The molecule has 0 unspecified atom stereocenters. The number of hydrogen-bond donors (Lipinski definition) is 0. The van der Waals surface area contributed by atoms with Crippen LogP contribution in [0, 0.1) is 11.8 Å². The highest BCUT2D eigenvalue weighted by Crippen LogP contribution is 2.02. The van der Waals surface area contributed by atoms with Crippen molar-refractivity contribution in [1.82, 2.24) is 0 Å². The number of hydrogen-bond acceptors (Lipinski definition) is 0. The van der Waals surface area contributed by atoms with Crippen LogP contribution in [-0.4, -0.2) is 0 Å². The zero-order chi connectivity index (χ0) is 9.28. The first-order chi connectivity index (χ1) is 5.13. The maximum atomic E-state index is 2.27. The Morgan fingerprint density at radius 2 is 1.45 bits per heavy atom. The quantitative estimate of drug-likeness (QED) is 0.535. The molecule has 0 rings (SSSR count). The Morgan fingerprint density at radius 1 is 1.00 bits per heavy atom. The molecule has 0 aliphatic carbocycles. The average Bonchev–Trinajstić information content (AvgIpc) is 1.90. The van der Waals surface area contributed by atoms with Crippen LogP contribution in [-0.2, 0) is 0 Å². The molecule has 0 aromatic carbocycles. The molecule has 0 radical (unpaired) electrons. The number of allylic oxidation sites excluding steroid dienone is 2. The molecule has 0 saturated heterocycles. The largest absolute Gasteiger partial charge is 0.0880 e. The molecule has 0 spiro atoms. The van der Waals surface area contributed by atoms with Gasteiger partial charge < -0.3 is 0 Å². The van der Waals surface area contributed by atoms with Gasteiger partial charge in [-0.05, 0) is 18.3 Å². The van der Waals surface area contributed by atoms with Crippen LogP contribution < -0.4 is 0 Å². The van der Waals surface area contributed by atoms with Crippen LogP contribution in [0.2, 0.25) is 0 Å². The van der Waals surface area contributed by atoms with E-state index in [0.29, 0.717) is 5.92 Å². The summed E-state index contributed by atoms with van der Waals surface area (Å²) in [4.78, 5) is 0. The lowest BCUT2D eigenvalue weighted by Crippen LogP contribution is -1.83. The number of rotatable bonds is 3. The molecule has 0 atom stereocenters. The predicted octanol–water partition coefficient (Wildman–Crippen LogP) is 4.27. The van der Waals surface area contributed by atoms with Gasteiger partial charge in [0.2, 0.25) is 0 Å². The highest BCUT2D eigenvalue weighted by molar-refractivity contribution is 4.84. The van der Waals surface area contributed by atoms with Gasteiger partial charge in [0.05, 0.1) is 0 Å². The van der Waals surface area contributed by atoms with Crippen LogP contribution >= 0.6 is 0 Å². The SMILES string of the molecule is CC.CC(C)C=CCC(C)C. The van der Waals surface area contributed by atoms with Gasteiger partial charge in [0.15, 0.2) is 0 Å². The van der Waals surface area contributed by atoms with E-state index in [1.54, 1.807) is 0 Å². The minimum atomic E-state index is 0.712. The van der Waals surface area contributed by atoms with Gasteiger partial charge in [0.25, 0.3) is 0 Å². The minimum absolute atomic E-state index is 0.712. The van der Waals surface area contributed by atoms with Crippen molar-refractivity contribution in [2.45, 2.75) is 48.0 Å². The maximum Gasteiger partial charge on any atom is -0.0290 e. The molecular weight excluding hydrogens is 132 g/mol. The van der Waals surface area contributed by atoms with Gasteiger partial charge in [-0.1, -0.05) is 53.7 Å². The van der Waals surface area contributed by atoms with Gasteiger partial charge >= 0.3 is 0 Å². The fraction of sp³-hybridized carbons (Fsp3) is 0.818. The molecule has 0 aromatic heterocycles. The van der Waals surface area contributed by atoms with Crippen molar-refractivity contribution >= 4 is 0 Å². The first-order valence-corrected chi connectivity index (χ1v) is 4.79. The topological polar surface area (TPSA) is 0 Å². The zero-order valence-corrected chi connectivity index (χ0v) is 9.02. The summed E-state index contributed by atoms with van der Waals surface area (Å²) < 4.78 is 0. The molecule has 0 N–H and O–H groups in total. The molecule has 68 valence electrons. The molecule has 0 nitrogen and oxygen atoms in total. The van der Waals surface area contributed by atoms with E-state index in [2.05, 4.69) is 39.8 Å². The molecule has 0 heteroatoms. The summed E-state index contributed by atoms with van der Waals surface area (Å²) in [6, 6.07) is 0. The van der Waals surface area contributed by atoms with Gasteiger partial charge in [-0.25, -0.2) is 0 Å². The maximum absolute atomic E-state index is 2.27. The van der Waals surface area contributed by atoms with Crippen LogP contribution in [0.5, 0.6) is 0 Å². The Bertz CT molecular complexity index is 78.0.